The van der Waals surface area contributed by atoms with E-state index in [1.807, 2.05) is 13.8 Å². The summed E-state index contributed by atoms with van der Waals surface area (Å²) in [6.07, 6.45) is 3.27. The van der Waals surface area contributed by atoms with Crippen molar-refractivity contribution in [3.05, 3.63) is 57.9 Å². The number of nitrogens with one attached hydrogen (secondary N) is 1. The molecule has 1 fully saturated rings. The fraction of sp³-hybridized carbons (Fsp3) is 0.409. The van der Waals surface area contributed by atoms with E-state index in [1.54, 1.807) is 20.6 Å². The molecule has 3 rings (SSSR count). The van der Waals surface area contributed by atoms with Crippen LogP contribution in [0, 0.1) is 13.8 Å². The highest BCUT2D eigenvalue weighted by Gasteiger charge is 2.22. The maximum Gasteiger partial charge on any atom is 0.317 e. The summed E-state index contributed by atoms with van der Waals surface area (Å²) in [5.41, 5.74) is 3.84. The number of hydrogen-bond acceptors (Lipinski definition) is 3. The zero-order chi connectivity index (χ0) is 21.7. The molecule has 2 aromatic rings. The van der Waals surface area contributed by atoms with Crippen LogP contribution in [0.2, 0.25) is 5.15 Å². The topological polar surface area (TPSA) is 70.5 Å². The molecule has 1 aromatic carbocycles. The number of aryl methyl sites for hydroxylation is 2. The van der Waals surface area contributed by atoms with Gasteiger partial charge in [-0.3, -0.25) is 4.79 Å². The van der Waals surface area contributed by atoms with Gasteiger partial charge >= 0.3 is 6.03 Å². The number of benzene rings is 1. The minimum atomic E-state index is -0.0905. The number of halogens is 1. The molecule has 1 saturated heterocycles. The third-order valence-corrected chi connectivity index (χ3v) is 5.56. The molecule has 0 spiro atoms. The molecule has 1 aromatic heterocycles. The lowest BCUT2D eigenvalue weighted by Crippen LogP contribution is -2.52. The Morgan fingerprint density at radius 2 is 1.73 bits per heavy atom. The number of piperazine rings is 1. The SMILES string of the molecule is CCNC(=O)N1CCN(C(=O)/C=C/c2c(C)nn(Cc3ccc(C)cc3)c2Cl)CC1. The molecule has 8 heteroatoms. The molecule has 7 nitrogen and oxygen atoms in total. The second kappa shape index (κ2) is 9.80. The van der Waals surface area contributed by atoms with Gasteiger partial charge in [-0.05, 0) is 32.4 Å². The van der Waals surface area contributed by atoms with Gasteiger partial charge in [-0.1, -0.05) is 41.4 Å². The summed E-state index contributed by atoms with van der Waals surface area (Å²) in [6, 6.07) is 8.16. The minimum Gasteiger partial charge on any atom is -0.338 e. The molecule has 0 atom stereocenters. The molecule has 1 aliphatic heterocycles. The van der Waals surface area contributed by atoms with Crippen LogP contribution in [0.1, 0.15) is 29.3 Å². The third-order valence-electron chi connectivity index (χ3n) is 5.16. The smallest absolute Gasteiger partial charge is 0.317 e. The lowest BCUT2D eigenvalue weighted by molar-refractivity contribution is -0.127. The number of hydrogen-bond donors (Lipinski definition) is 1. The first kappa shape index (κ1) is 21.9. The van der Waals surface area contributed by atoms with Crippen molar-refractivity contribution in [3.63, 3.8) is 0 Å². The summed E-state index contributed by atoms with van der Waals surface area (Å²) in [5.74, 6) is -0.0905. The first-order chi connectivity index (χ1) is 14.4. The van der Waals surface area contributed by atoms with Crippen LogP contribution < -0.4 is 5.32 Å². The highest BCUT2D eigenvalue weighted by atomic mass is 35.5. The summed E-state index contributed by atoms with van der Waals surface area (Å²) in [6.45, 7) is 9.07. The number of nitrogens with zero attached hydrogens (tertiary/aromatic N) is 4. The van der Waals surface area contributed by atoms with E-state index in [4.69, 9.17) is 11.6 Å². The van der Waals surface area contributed by atoms with E-state index in [-0.39, 0.29) is 11.9 Å². The summed E-state index contributed by atoms with van der Waals surface area (Å²) < 4.78 is 1.75. The van der Waals surface area contributed by atoms with E-state index in [9.17, 15) is 9.59 Å². The molecule has 0 aliphatic carbocycles. The maximum atomic E-state index is 12.6. The zero-order valence-corrected chi connectivity index (χ0v) is 18.4. The van der Waals surface area contributed by atoms with Gasteiger partial charge in [0.2, 0.25) is 5.91 Å². The van der Waals surface area contributed by atoms with Crippen molar-refractivity contribution in [2.75, 3.05) is 32.7 Å². The number of amides is 3. The van der Waals surface area contributed by atoms with Crippen molar-refractivity contribution in [1.82, 2.24) is 24.9 Å². The highest BCUT2D eigenvalue weighted by molar-refractivity contribution is 6.31. The largest absolute Gasteiger partial charge is 0.338 e. The number of urea groups is 1. The van der Waals surface area contributed by atoms with Gasteiger partial charge in [0.1, 0.15) is 5.15 Å². The Balaban J connectivity index is 1.62. The Labute approximate surface area is 182 Å². The predicted molar refractivity (Wildman–Crippen MR) is 119 cm³/mol. The van der Waals surface area contributed by atoms with Gasteiger partial charge in [-0.25, -0.2) is 9.48 Å². The molecule has 160 valence electrons. The summed E-state index contributed by atoms with van der Waals surface area (Å²) in [5, 5.41) is 7.82. The van der Waals surface area contributed by atoms with Crippen LogP contribution in [0.3, 0.4) is 0 Å². The van der Waals surface area contributed by atoms with Crippen molar-refractivity contribution >= 4 is 29.6 Å². The van der Waals surface area contributed by atoms with Crippen LogP contribution in [-0.4, -0.2) is 64.2 Å². The first-order valence-electron chi connectivity index (χ1n) is 10.2. The molecule has 0 radical (unpaired) electrons. The lowest BCUT2D eigenvalue weighted by atomic mass is 10.1. The van der Waals surface area contributed by atoms with E-state index in [0.717, 1.165) is 16.8 Å². The summed E-state index contributed by atoms with van der Waals surface area (Å²) in [4.78, 5) is 27.9. The summed E-state index contributed by atoms with van der Waals surface area (Å²) in [7, 11) is 0. The van der Waals surface area contributed by atoms with E-state index < -0.39 is 0 Å². The van der Waals surface area contributed by atoms with E-state index in [1.165, 1.54) is 11.6 Å². The second-order valence-electron chi connectivity index (χ2n) is 7.41. The average molecular weight is 430 g/mol. The molecule has 0 bridgehead atoms. The molecule has 2 heterocycles. The van der Waals surface area contributed by atoms with Crippen LogP contribution in [0.5, 0.6) is 0 Å². The fourth-order valence-electron chi connectivity index (χ4n) is 3.38. The quantitative estimate of drug-likeness (QED) is 0.742. The Morgan fingerprint density at radius 3 is 2.37 bits per heavy atom. The Bertz CT molecular complexity index is 928. The zero-order valence-electron chi connectivity index (χ0n) is 17.7. The van der Waals surface area contributed by atoms with Gasteiger partial charge < -0.3 is 15.1 Å². The monoisotopic (exact) mass is 429 g/mol. The third kappa shape index (κ3) is 5.21. The Morgan fingerprint density at radius 1 is 1.10 bits per heavy atom. The van der Waals surface area contributed by atoms with Crippen LogP contribution in [0.15, 0.2) is 30.3 Å². The van der Waals surface area contributed by atoms with Crippen molar-refractivity contribution in [2.24, 2.45) is 0 Å². The van der Waals surface area contributed by atoms with E-state index >= 15 is 0 Å². The molecular formula is C22H28ClN5O2. The number of carbonyl (C=O) groups is 2. The molecule has 1 aliphatic rings. The van der Waals surface area contributed by atoms with Crippen LogP contribution in [0.25, 0.3) is 6.08 Å². The van der Waals surface area contributed by atoms with Crippen molar-refractivity contribution in [1.29, 1.82) is 0 Å². The van der Waals surface area contributed by atoms with Gasteiger partial charge in [0.05, 0.1) is 12.2 Å². The molecule has 1 N–H and O–H groups in total. The van der Waals surface area contributed by atoms with Gasteiger partial charge in [0, 0.05) is 44.4 Å². The number of carbonyl (C=O) groups excluding carboxylic acids is 2. The van der Waals surface area contributed by atoms with Gasteiger partial charge in [-0.2, -0.15) is 5.10 Å². The highest BCUT2D eigenvalue weighted by Crippen LogP contribution is 2.22. The van der Waals surface area contributed by atoms with Gasteiger partial charge in [-0.15, -0.1) is 0 Å². The predicted octanol–water partition coefficient (Wildman–Crippen LogP) is 3.09. The molecule has 0 unspecified atom stereocenters. The van der Waals surface area contributed by atoms with Crippen LogP contribution in [-0.2, 0) is 11.3 Å². The minimum absolute atomic E-state index is 0.0801. The standard InChI is InChI=1S/C22H28ClN5O2/c1-4-24-22(30)27-13-11-26(12-14-27)20(29)10-9-19-17(3)25-28(21(19)23)15-18-7-5-16(2)6-8-18/h5-10H,4,11-15H2,1-3H3,(H,24,30)/b10-9+. The van der Waals surface area contributed by atoms with Gasteiger partial charge in [0.25, 0.3) is 0 Å². The summed E-state index contributed by atoms with van der Waals surface area (Å²) >= 11 is 6.54. The van der Waals surface area contributed by atoms with Crippen molar-refractivity contribution in [3.8, 4) is 0 Å². The maximum absolute atomic E-state index is 12.6. The molecule has 0 saturated carbocycles. The van der Waals surface area contributed by atoms with Gasteiger partial charge in [0.15, 0.2) is 0 Å². The average Bonchev–Trinajstić information content (AvgIpc) is 3.00. The normalized spacial score (nSPS) is 14.4. The van der Waals surface area contributed by atoms with E-state index in [0.29, 0.717) is 44.4 Å². The van der Waals surface area contributed by atoms with Crippen molar-refractivity contribution in [2.45, 2.75) is 27.3 Å². The molecule has 30 heavy (non-hydrogen) atoms. The van der Waals surface area contributed by atoms with Crippen molar-refractivity contribution < 1.29 is 9.59 Å². The van der Waals surface area contributed by atoms with Crippen LogP contribution >= 0.6 is 11.6 Å². The number of rotatable bonds is 5. The van der Waals surface area contributed by atoms with E-state index in [2.05, 4.69) is 41.6 Å². The molecule has 3 amide bonds. The fourth-order valence-corrected chi connectivity index (χ4v) is 3.68. The second-order valence-corrected chi connectivity index (χ2v) is 7.77. The first-order valence-corrected chi connectivity index (χ1v) is 10.5. The number of aromatic nitrogens is 2. The van der Waals surface area contributed by atoms with Crippen LogP contribution in [0.4, 0.5) is 4.79 Å². The Kier molecular flexibility index (Phi) is 7.15. The lowest BCUT2D eigenvalue weighted by Gasteiger charge is -2.34. The molecular weight excluding hydrogens is 402 g/mol. The Hall–Kier alpha value is -2.80.